The van der Waals surface area contributed by atoms with Crippen molar-refractivity contribution >= 4 is 11.9 Å². The normalized spacial score (nSPS) is 15.5. The Morgan fingerprint density at radius 2 is 1.82 bits per heavy atom. The van der Waals surface area contributed by atoms with Crippen LogP contribution in [0.1, 0.15) is 36.8 Å². The van der Waals surface area contributed by atoms with E-state index in [0.29, 0.717) is 49.2 Å². The van der Waals surface area contributed by atoms with Gasteiger partial charge in [0.25, 0.3) is 0 Å². The number of nitrogens with zero attached hydrogens (tertiary/aromatic N) is 4. The molecule has 172 valence electrons. The van der Waals surface area contributed by atoms with Crippen LogP contribution in [0.5, 0.6) is 0 Å². The van der Waals surface area contributed by atoms with E-state index in [9.17, 15) is 9.18 Å². The number of guanidine groups is 1. The second kappa shape index (κ2) is 9.85. The van der Waals surface area contributed by atoms with Crippen LogP contribution >= 0.6 is 0 Å². The number of benzene rings is 2. The van der Waals surface area contributed by atoms with Crippen molar-refractivity contribution in [3.63, 3.8) is 0 Å². The molecule has 1 atom stereocenters. The van der Waals surface area contributed by atoms with Crippen molar-refractivity contribution < 1.29 is 13.7 Å². The molecule has 1 fully saturated rings. The minimum absolute atomic E-state index is 0.0731. The lowest BCUT2D eigenvalue weighted by Gasteiger charge is -2.34. The highest BCUT2D eigenvalue weighted by molar-refractivity contribution is 5.79. The number of aromatic nitrogens is 1. The third-order valence-electron chi connectivity index (χ3n) is 6.03. The van der Waals surface area contributed by atoms with Crippen LogP contribution in [0.4, 0.5) is 4.39 Å². The van der Waals surface area contributed by atoms with E-state index in [1.165, 1.54) is 0 Å². The zero-order valence-electron chi connectivity index (χ0n) is 18.9. The highest BCUT2D eigenvalue weighted by Gasteiger charge is 2.20. The number of amides is 1. The molecule has 8 heteroatoms. The Bertz CT molecular complexity index is 1140. The Morgan fingerprint density at radius 3 is 2.48 bits per heavy atom. The first-order chi connectivity index (χ1) is 15.9. The molecular weight excluding hydrogens is 421 g/mol. The van der Waals surface area contributed by atoms with Crippen LogP contribution in [0.15, 0.2) is 64.1 Å². The third-order valence-corrected chi connectivity index (χ3v) is 6.03. The molecule has 2 heterocycles. The first-order valence-electron chi connectivity index (χ1n) is 11.0. The second-order valence-corrected chi connectivity index (χ2v) is 8.22. The SMILES string of the molecule is CC(=O)N1CCN(/C(N)=N/Cc2cc(C(C)c3ccc(-c4ccccc4)c(F)c3)on2)CC1. The van der Waals surface area contributed by atoms with Crippen molar-refractivity contribution in [1.82, 2.24) is 15.0 Å². The van der Waals surface area contributed by atoms with Crippen molar-refractivity contribution in [1.29, 1.82) is 0 Å². The number of aliphatic imine (C=N–C) groups is 1. The monoisotopic (exact) mass is 449 g/mol. The maximum absolute atomic E-state index is 14.8. The van der Waals surface area contributed by atoms with Gasteiger partial charge in [-0.1, -0.05) is 54.5 Å². The summed E-state index contributed by atoms with van der Waals surface area (Å²) in [6.07, 6.45) is 0. The number of nitrogens with two attached hydrogens (primary N) is 1. The average molecular weight is 450 g/mol. The molecular formula is C25H28FN5O2. The molecule has 7 nitrogen and oxygen atoms in total. The van der Waals surface area contributed by atoms with E-state index in [1.54, 1.807) is 24.0 Å². The lowest BCUT2D eigenvalue weighted by atomic mass is 9.95. The molecule has 0 bridgehead atoms. The molecule has 33 heavy (non-hydrogen) atoms. The number of hydrogen-bond donors (Lipinski definition) is 1. The molecule has 2 N–H and O–H groups in total. The molecule has 1 amide bonds. The van der Waals surface area contributed by atoms with Gasteiger partial charge in [-0.15, -0.1) is 0 Å². The van der Waals surface area contributed by atoms with Crippen LogP contribution in [0, 0.1) is 5.82 Å². The molecule has 1 aromatic heterocycles. The van der Waals surface area contributed by atoms with E-state index in [0.717, 1.165) is 11.1 Å². The molecule has 3 aromatic rings. The Morgan fingerprint density at radius 1 is 1.12 bits per heavy atom. The molecule has 0 spiro atoms. The van der Waals surface area contributed by atoms with Crippen LogP contribution in [-0.4, -0.2) is 53.0 Å². The molecule has 2 aromatic carbocycles. The van der Waals surface area contributed by atoms with Gasteiger partial charge < -0.3 is 20.1 Å². The summed E-state index contributed by atoms with van der Waals surface area (Å²) in [6.45, 7) is 6.39. The summed E-state index contributed by atoms with van der Waals surface area (Å²) in [5, 5.41) is 4.10. The van der Waals surface area contributed by atoms with Gasteiger partial charge in [0.1, 0.15) is 17.3 Å². The second-order valence-electron chi connectivity index (χ2n) is 8.22. The molecule has 4 rings (SSSR count). The van der Waals surface area contributed by atoms with E-state index in [1.807, 2.05) is 54.3 Å². The Hall–Kier alpha value is -3.68. The van der Waals surface area contributed by atoms with Gasteiger partial charge in [0.2, 0.25) is 5.91 Å². The van der Waals surface area contributed by atoms with Crippen LogP contribution in [0.2, 0.25) is 0 Å². The fraction of sp³-hybridized carbons (Fsp3) is 0.320. The predicted molar refractivity (Wildman–Crippen MR) is 125 cm³/mol. The van der Waals surface area contributed by atoms with Gasteiger partial charge in [-0.25, -0.2) is 9.38 Å². The van der Waals surface area contributed by atoms with E-state index in [-0.39, 0.29) is 24.2 Å². The van der Waals surface area contributed by atoms with Gasteiger partial charge >= 0.3 is 0 Å². The highest BCUT2D eigenvalue weighted by Crippen LogP contribution is 2.29. The molecule has 1 unspecified atom stereocenters. The van der Waals surface area contributed by atoms with Crippen LogP contribution in [0.3, 0.4) is 0 Å². The van der Waals surface area contributed by atoms with Gasteiger partial charge in [0, 0.05) is 50.7 Å². The Kier molecular flexibility index (Phi) is 6.72. The number of piperazine rings is 1. The van der Waals surface area contributed by atoms with Crippen molar-refractivity contribution in [2.45, 2.75) is 26.3 Å². The number of carbonyl (C=O) groups is 1. The average Bonchev–Trinajstić information content (AvgIpc) is 3.31. The standard InChI is InChI=1S/C25H28FN5O2/c1-17(20-8-9-22(23(26)14-20)19-6-4-3-5-7-19)24-15-21(29-33-24)16-28-25(27)31-12-10-30(11-13-31)18(2)32/h3-9,14-15,17H,10-13,16H2,1-2H3,(H2,27,28). The quantitative estimate of drug-likeness (QED) is 0.475. The number of carbonyl (C=O) groups excluding carboxylic acids is 1. The van der Waals surface area contributed by atoms with Crippen LogP contribution < -0.4 is 5.73 Å². The summed E-state index contributed by atoms with van der Waals surface area (Å²) in [7, 11) is 0. The molecule has 1 saturated heterocycles. The topological polar surface area (TPSA) is 88.0 Å². The zero-order chi connectivity index (χ0) is 23.4. The molecule has 0 aliphatic carbocycles. The third kappa shape index (κ3) is 5.22. The lowest BCUT2D eigenvalue weighted by Crippen LogP contribution is -2.52. The number of halogens is 1. The van der Waals surface area contributed by atoms with Crippen LogP contribution in [0.25, 0.3) is 11.1 Å². The van der Waals surface area contributed by atoms with Crippen molar-refractivity contribution in [3.05, 3.63) is 77.4 Å². The number of hydrogen-bond acceptors (Lipinski definition) is 4. The lowest BCUT2D eigenvalue weighted by molar-refractivity contribution is -0.130. The molecule has 1 aliphatic rings. The van der Waals surface area contributed by atoms with Gasteiger partial charge in [-0.05, 0) is 17.2 Å². The maximum Gasteiger partial charge on any atom is 0.219 e. The summed E-state index contributed by atoms with van der Waals surface area (Å²) in [4.78, 5) is 19.6. The van der Waals surface area contributed by atoms with Gasteiger partial charge in [-0.2, -0.15) is 0 Å². The molecule has 0 saturated carbocycles. The van der Waals surface area contributed by atoms with Crippen LogP contribution in [-0.2, 0) is 11.3 Å². The molecule has 0 radical (unpaired) electrons. The van der Waals surface area contributed by atoms with Gasteiger partial charge in [0.15, 0.2) is 5.96 Å². The fourth-order valence-corrected chi connectivity index (χ4v) is 3.94. The van der Waals surface area contributed by atoms with Crippen molar-refractivity contribution in [2.75, 3.05) is 26.2 Å². The Labute approximate surface area is 192 Å². The van der Waals surface area contributed by atoms with Gasteiger partial charge in [-0.3, -0.25) is 4.79 Å². The minimum atomic E-state index is -0.271. The van der Waals surface area contributed by atoms with Crippen molar-refractivity contribution in [2.24, 2.45) is 10.7 Å². The van der Waals surface area contributed by atoms with Crippen molar-refractivity contribution in [3.8, 4) is 11.1 Å². The van der Waals surface area contributed by atoms with E-state index in [2.05, 4.69) is 10.1 Å². The van der Waals surface area contributed by atoms with E-state index < -0.39 is 0 Å². The Balaban J connectivity index is 1.39. The maximum atomic E-state index is 14.8. The summed E-state index contributed by atoms with van der Waals surface area (Å²) < 4.78 is 20.3. The summed E-state index contributed by atoms with van der Waals surface area (Å²) in [6, 6.07) is 16.6. The smallest absolute Gasteiger partial charge is 0.219 e. The zero-order valence-corrected chi connectivity index (χ0v) is 18.9. The van der Waals surface area contributed by atoms with E-state index in [4.69, 9.17) is 10.3 Å². The fourth-order valence-electron chi connectivity index (χ4n) is 3.94. The molecule has 1 aliphatic heterocycles. The first kappa shape index (κ1) is 22.5. The summed E-state index contributed by atoms with van der Waals surface area (Å²) in [5.74, 6) is 0.707. The van der Waals surface area contributed by atoms with Gasteiger partial charge in [0.05, 0.1) is 6.54 Å². The summed E-state index contributed by atoms with van der Waals surface area (Å²) >= 11 is 0. The van der Waals surface area contributed by atoms with E-state index >= 15 is 0 Å². The highest BCUT2D eigenvalue weighted by atomic mass is 19.1. The largest absolute Gasteiger partial charge is 0.370 e. The summed E-state index contributed by atoms with van der Waals surface area (Å²) in [5.41, 5.74) is 9.00. The minimum Gasteiger partial charge on any atom is -0.370 e. The number of rotatable bonds is 5. The predicted octanol–water partition coefficient (Wildman–Crippen LogP) is 3.61. The first-order valence-corrected chi connectivity index (χ1v) is 11.0.